The van der Waals surface area contributed by atoms with E-state index in [0.29, 0.717) is 6.04 Å². The topological polar surface area (TPSA) is 27.8 Å². The first-order chi connectivity index (χ1) is 5.72. The highest BCUT2D eigenvalue weighted by Gasteiger charge is 1.97. The lowest BCUT2D eigenvalue weighted by Crippen LogP contribution is -2.21. The van der Waals surface area contributed by atoms with E-state index in [1.54, 1.807) is 0 Å². The van der Waals surface area contributed by atoms with Crippen molar-refractivity contribution >= 4 is 0 Å². The summed E-state index contributed by atoms with van der Waals surface area (Å²) >= 11 is 0. The molecule has 2 heteroatoms. The number of aryl methyl sites for hydroxylation is 1. The Bertz CT molecular complexity index is 225. The Hall–Kier alpha value is -0.760. The van der Waals surface area contributed by atoms with Gasteiger partial charge in [-0.1, -0.05) is 20.8 Å². The molecule has 0 aliphatic carbocycles. The van der Waals surface area contributed by atoms with Gasteiger partial charge in [0.1, 0.15) is 0 Å². The molecule has 0 saturated heterocycles. The minimum absolute atomic E-state index is 0.554. The van der Waals surface area contributed by atoms with E-state index in [9.17, 15) is 0 Å². The van der Waals surface area contributed by atoms with Gasteiger partial charge in [-0.05, 0) is 18.6 Å². The molecule has 0 radical (unpaired) electrons. The Balaban J connectivity index is 2.41. The largest absolute Gasteiger partial charge is 0.361 e. The van der Waals surface area contributed by atoms with E-state index in [0.717, 1.165) is 13.0 Å². The third-order valence-corrected chi connectivity index (χ3v) is 1.89. The number of aromatic amines is 1. The van der Waals surface area contributed by atoms with Gasteiger partial charge in [-0.3, -0.25) is 0 Å². The van der Waals surface area contributed by atoms with Crippen molar-refractivity contribution in [1.29, 1.82) is 0 Å². The smallest absolute Gasteiger partial charge is 0.0359 e. The molecule has 0 aromatic carbocycles. The second kappa shape index (κ2) is 4.31. The quantitative estimate of drug-likeness (QED) is 0.704. The molecular formula is C10H18N2. The van der Waals surface area contributed by atoms with Gasteiger partial charge >= 0.3 is 0 Å². The van der Waals surface area contributed by atoms with Crippen LogP contribution in [0, 0.1) is 0 Å². The molecule has 0 aliphatic heterocycles. The van der Waals surface area contributed by atoms with Crippen molar-refractivity contribution in [1.82, 2.24) is 10.3 Å². The molecule has 2 N–H and O–H groups in total. The highest BCUT2D eigenvalue weighted by Crippen LogP contribution is 2.02. The monoisotopic (exact) mass is 166 g/mol. The molecule has 0 unspecified atom stereocenters. The molecule has 0 amide bonds. The van der Waals surface area contributed by atoms with Crippen LogP contribution in [0.4, 0.5) is 0 Å². The Morgan fingerprint density at radius 2 is 2.00 bits per heavy atom. The number of nitrogens with one attached hydrogen (secondary N) is 2. The van der Waals surface area contributed by atoms with Crippen LogP contribution in [-0.4, -0.2) is 11.0 Å². The van der Waals surface area contributed by atoms with Gasteiger partial charge in [-0.15, -0.1) is 0 Å². The second-order valence-electron chi connectivity index (χ2n) is 3.40. The van der Waals surface area contributed by atoms with Gasteiger partial charge in [-0.25, -0.2) is 0 Å². The first-order valence-electron chi connectivity index (χ1n) is 4.62. The van der Waals surface area contributed by atoms with Crippen molar-refractivity contribution in [2.75, 3.05) is 0 Å². The van der Waals surface area contributed by atoms with E-state index < -0.39 is 0 Å². The number of aromatic nitrogens is 1. The predicted octanol–water partition coefficient (Wildman–Crippen LogP) is 2.08. The summed E-state index contributed by atoms with van der Waals surface area (Å²) in [5, 5.41) is 3.37. The molecule has 0 atom stereocenters. The molecule has 0 saturated carbocycles. The third-order valence-electron chi connectivity index (χ3n) is 1.89. The summed E-state index contributed by atoms with van der Waals surface area (Å²) < 4.78 is 0. The molecular weight excluding hydrogens is 148 g/mol. The Kier molecular flexibility index (Phi) is 3.35. The number of hydrogen-bond donors (Lipinski definition) is 2. The first-order valence-corrected chi connectivity index (χ1v) is 4.62. The zero-order chi connectivity index (χ0) is 8.97. The normalized spacial score (nSPS) is 11.0. The van der Waals surface area contributed by atoms with Crippen LogP contribution in [0.5, 0.6) is 0 Å². The molecule has 0 fully saturated rings. The zero-order valence-corrected chi connectivity index (χ0v) is 8.15. The van der Waals surface area contributed by atoms with Gasteiger partial charge in [-0.2, -0.15) is 0 Å². The average Bonchev–Trinajstić information content (AvgIpc) is 2.48. The standard InChI is InChI=1S/C10H18N2/c1-4-9-5-6-10(12-9)7-11-8(2)3/h5-6,8,11-12H,4,7H2,1-3H3. The highest BCUT2D eigenvalue weighted by molar-refractivity contribution is 5.12. The minimum Gasteiger partial charge on any atom is -0.361 e. The number of hydrogen-bond acceptors (Lipinski definition) is 1. The van der Waals surface area contributed by atoms with Gasteiger partial charge in [0, 0.05) is 24.0 Å². The van der Waals surface area contributed by atoms with Crippen molar-refractivity contribution in [2.24, 2.45) is 0 Å². The van der Waals surface area contributed by atoms with Crippen LogP contribution >= 0.6 is 0 Å². The van der Waals surface area contributed by atoms with E-state index >= 15 is 0 Å². The summed E-state index contributed by atoms with van der Waals surface area (Å²) in [4.78, 5) is 3.36. The van der Waals surface area contributed by atoms with Gasteiger partial charge in [0.25, 0.3) is 0 Å². The van der Waals surface area contributed by atoms with Crippen molar-refractivity contribution in [3.63, 3.8) is 0 Å². The van der Waals surface area contributed by atoms with Crippen molar-refractivity contribution in [2.45, 2.75) is 39.8 Å². The summed E-state index contributed by atoms with van der Waals surface area (Å²) in [6.45, 7) is 7.41. The number of rotatable bonds is 4. The predicted molar refractivity (Wildman–Crippen MR) is 52.1 cm³/mol. The maximum atomic E-state index is 3.37. The summed E-state index contributed by atoms with van der Waals surface area (Å²) in [5.41, 5.74) is 2.59. The number of H-pyrrole nitrogens is 1. The Labute approximate surface area is 74.4 Å². The van der Waals surface area contributed by atoms with Crippen LogP contribution in [0.3, 0.4) is 0 Å². The summed E-state index contributed by atoms with van der Waals surface area (Å²) in [5.74, 6) is 0. The van der Waals surface area contributed by atoms with Crippen LogP contribution in [0.1, 0.15) is 32.2 Å². The summed E-state index contributed by atoms with van der Waals surface area (Å²) in [6, 6.07) is 4.85. The van der Waals surface area contributed by atoms with E-state index in [4.69, 9.17) is 0 Å². The lowest BCUT2D eigenvalue weighted by atomic mass is 10.3. The molecule has 12 heavy (non-hydrogen) atoms. The maximum absolute atomic E-state index is 3.37. The van der Waals surface area contributed by atoms with Gasteiger partial charge in [0.15, 0.2) is 0 Å². The van der Waals surface area contributed by atoms with E-state index in [-0.39, 0.29) is 0 Å². The molecule has 1 aromatic heterocycles. The average molecular weight is 166 g/mol. The van der Waals surface area contributed by atoms with Crippen LogP contribution in [0.25, 0.3) is 0 Å². The Morgan fingerprint density at radius 3 is 2.50 bits per heavy atom. The lowest BCUT2D eigenvalue weighted by Gasteiger charge is -2.05. The Morgan fingerprint density at radius 1 is 1.33 bits per heavy atom. The van der Waals surface area contributed by atoms with Gasteiger partial charge in [0.2, 0.25) is 0 Å². The van der Waals surface area contributed by atoms with E-state index in [1.165, 1.54) is 11.4 Å². The fraction of sp³-hybridized carbons (Fsp3) is 0.600. The third kappa shape index (κ3) is 2.70. The van der Waals surface area contributed by atoms with E-state index in [1.807, 2.05) is 0 Å². The van der Waals surface area contributed by atoms with Gasteiger partial charge in [0.05, 0.1) is 0 Å². The first kappa shape index (κ1) is 9.33. The van der Waals surface area contributed by atoms with Crippen LogP contribution < -0.4 is 5.32 Å². The lowest BCUT2D eigenvalue weighted by molar-refractivity contribution is 0.582. The molecule has 0 aliphatic rings. The summed E-state index contributed by atoms with van der Waals surface area (Å²) in [7, 11) is 0. The zero-order valence-electron chi connectivity index (χ0n) is 8.15. The van der Waals surface area contributed by atoms with Crippen molar-refractivity contribution < 1.29 is 0 Å². The molecule has 2 nitrogen and oxygen atoms in total. The fourth-order valence-corrected chi connectivity index (χ4v) is 1.11. The van der Waals surface area contributed by atoms with Crippen LogP contribution in [0.2, 0.25) is 0 Å². The van der Waals surface area contributed by atoms with Crippen LogP contribution in [-0.2, 0) is 13.0 Å². The fourth-order valence-electron chi connectivity index (χ4n) is 1.11. The van der Waals surface area contributed by atoms with Gasteiger partial charge < -0.3 is 10.3 Å². The molecule has 0 bridgehead atoms. The minimum atomic E-state index is 0.554. The highest BCUT2D eigenvalue weighted by atomic mass is 14.9. The molecule has 0 spiro atoms. The van der Waals surface area contributed by atoms with E-state index in [2.05, 4.69) is 43.2 Å². The van der Waals surface area contributed by atoms with Crippen molar-refractivity contribution in [3.8, 4) is 0 Å². The molecule has 1 aromatic rings. The molecule has 1 rings (SSSR count). The molecule has 68 valence electrons. The summed E-state index contributed by atoms with van der Waals surface area (Å²) in [6.07, 6.45) is 1.08. The van der Waals surface area contributed by atoms with Crippen molar-refractivity contribution in [3.05, 3.63) is 23.5 Å². The molecule has 1 heterocycles. The SMILES string of the molecule is CCc1ccc(CNC(C)C)[nH]1. The maximum Gasteiger partial charge on any atom is 0.0359 e. The second-order valence-corrected chi connectivity index (χ2v) is 3.40. The van der Waals surface area contributed by atoms with Crippen LogP contribution in [0.15, 0.2) is 12.1 Å².